The summed E-state index contributed by atoms with van der Waals surface area (Å²) in [5, 5.41) is 14.8. The van der Waals surface area contributed by atoms with E-state index in [1.807, 2.05) is 17.5 Å². The Kier molecular flexibility index (Phi) is 5.15. The fourth-order valence-corrected chi connectivity index (χ4v) is 2.58. The molecule has 2 N–H and O–H groups in total. The Hall–Kier alpha value is -0.870. The maximum absolute atomic E-state index is 11.6. The Morgan fingerprint density at radius 3 is 2.82 bits per heavy atom. The number of rotatable bonds is 6. The van der Waals surface area contributed by atoms with Crippen LogP contribution < -0.4 is 5.32 Å². The quantitative estimate of drug-likeness (QED) is 0.818. The Morgan fingerprint density at radius 1 is 1.59 bits per heavy atom. The van der Waals surface area contributed by atoms with Crippen LogP contribution in [0, 0.1) is 5.92 Å². The number of nitrogens with one attached hydrogen (secondary N) is 1. The lowest BCUT2D eigenvalue weighted by atomic mass is 9.94. The average Bonchev–Trinajstić information content (AvgIpc) is 2.65. The molecule has 0 aliphatic rings. The van der Waals surface area contributed by atoms with Gasteiger partial charge in [0.2, 0.25) is 5.91 Å². The van der Waals surface area contributed by atoms with Gasteiger partial charge in [-0.3, -0.25) is 4.79 Å². The molecule has 1 aromatic heterocycles. The van der Waals surface area contributed by atoms with Gasteiger partial charge in [0, 0.05) is 11.4 Å². The largest absolute Gasteiger partial charge is 0.388 e. The standard InChI is InChI=1S/C13H21NO2S/c1-10(2)8-13(3,16)9-14-12(15)7-11-5-4-6-17-11/h4-6,10,16H,7-9H2,1-3H3,(H,14,15). The molecule has 0 saturated carbocycles. The Morgan fingerprint density at radius 2 is 2.29 bits per heavy atom. The highest BCUT2D eigenvalue weighted by molar-refractivity contribution is 7.10. The van der Waals surface area contributed by atoms with Gasteiger partial charge >= 0.3 is 0 Å². The first kappa shape index (κ1) is 14.2. The van der Waals surface area contributed by atoms with Crippen LogP contribution in [-0.2, 0) is 11.2 Å². The molecule has 1 atom stereocenters. The molecule has 0 aliphatic carbocycles. The molecule has 3 nitrogen and oxygen atoms in total. The second kappa shape index (κ2) is 6.17. The van der Waals surface area contributed by atoms with Gasteiger partial charge in [-0.2, -0.15) is 0 Å². The molecule has 0 aromatic carbocycles. The smallest absolute Gasteiger partial charge is 0.225 e. The van der Waals surface area contributed by atoms with Crippen molar-refractivity contribution in [1.82, 2.24) is 5.32 Å². The summed E-state index contributed by atoms with van der Waals surface area (Å²) < 4.78 is 0. The molecule has 0 bridgehead atoms. The van der Waals surface area contributed by atoms with Crippen molar-refractivity contribution in [2.45, 2.75) is 39.2 Å². The van der Waals surface area contributed by atoms with Crippen molar-refractivity contribution < 1.29 is 9.90 Å². The van der Waals surface area contributed by atoms with Gasteiger partial charge in [-0.05, 0) is 30.7 Å². The minimum Gasteiger partial charge on any atom is -0.388 e. The van der Waals surface area contributed by atoms with E-state index in [9.17, 15) is 9.90 Å². The molecule has 1 amide bonds. The molecular weight excluding hydrogens is 234 g/mol. The van der Waals surface area contributed by atoms with Crippen LogP contribution in [0.2, 0.25) is 0 Å². The number of aliphatic hydroxyl groups is 1. The second-order valence-corrected chi connectivity index (χ2v) is 6.16. The van der Waals surface area contributed by atoms with Gasteiger partial charge in [0.15, 0.2) is 0 Å². The lowest BCUT2D eigenvalue weighted by Crippen LogP contribution is -2.41. The lowest BCUT2D eigenvalue weighted by molar-refractivity contribution is -0.121. The van der Waals surface area contributed by atoms with Crippen LogP contribution in [0.4, 0.5) is 0 Å². The van der Waals surface area contributed by atoms with Crippen molar-refractivity contribution in [1.29, 1.82) is 0 Å². The molecular formula is C13H21NO2S. The van der Waals surface area contributed by atoms with Crippen molar-refractivity contribution in [3.05, 3.63) is 22.4 Å². The first-order valence-electron chi connectivity index (χ1n) is 5.90. The van der Waals surface area contributed by atoms with Crippen LogP contribution >= 0.6 is 11.3 Å². The molecule has 1 rings (SSSR count). The zero-order chi connectivity index (χ0) is 12.9. The minimum atomic E-state index is -0.820. The van der Waals surface area contributed by atoms with E-state index >= 15 is 0 Å². The topological polar surface area (TPSA) is 49.3 Å². The third-order valence-corrected chi connectivity index (χ3v) is 3.31. The predicted molar refractivity (Wildman–Crippen MR) is 71.1 cm³/mol. The molecule has 0 saturated heterocycles. The number of carbonyl (C=O) groups is 1. The summed E-state index contributed by atoms with van der Waals surface area (Å²) in [6.07, 6.45) is 1.09. The van der Waals surface area contributed by atoms with Crippen molar-refractivity contribution in [3.8, 4) is 0 Å². The normalized spacial score (nSPS) is 14.6. The fraction of sp³-hybridized carbons (Fsp3) is 0.615. The maximum atomic E-state index is 11.6. The Labute approximate surface area is 107 Å². The van der Waals surface area contributed by atoms with E-state index in [-0.39, 0.29) is 5.91 Å². The number of carbonyl (C=O) groups excluding carboxylic acids is 1. The summed E-state index contributed by atoms with van der Waals surface area (Å²) in [4.78, 5) is 12.7. The van der Waals surface area contributed by atoms with E-state index in [0.717, 1.165) is 4.88 Å². The van der Waals surface area contributed by atoms with Gasteiger partial charge in [-0.1, -0.05) is 19.9 Å². The molecule has 17 heavy (non-hydrogen) atoms. The van der Waals surface area contributed by atoms with Gasteiger partial charge < -0.3 is 10.4 Å². The van der Waals surface area contributed by atoms with E-state index in [2.05, 4.69) is 19.2 Å². The summed E-state index contributed by atoms with van der Waals surface area (Å²) >= 11 is 1.57. The highest BCUT2D eigenvalue weighted by Crippen LogP contribution is 2.15. The van der Waals surface area contributed by atoms with E-state index in [4.69, 9.17) is 0 Å². The summed E-state index contributed by atoms with van der Waals surface area (Å²) in [5.74, 6) is 0.385. The van der Waals surface area contributed by atoms with Crippen LogP contribution in [-0.4, -0.2) is 23.2 Å². The molecule has 96 valence electrons. The maximum Gasteiger partial charge on any atom is 0.225 e. The van der Waals surface area contributed by atoms with Gasteiger partial charge in [0.25, 0.3) is 0 Å². The van der Waals surface area contributed by atoms with Crippen LogP contribution in [0.1, 0.15) is 32.1 Å². The van der Waals surface area contributed by atoms with Gasteiger partial charge in [0.05, 0.1) is 12.0 Å². The van der Waals surface area contributed by atoms with Crippen LogP contribution in [0.5, 0.6) is 0 Å². The second-order valence-electron chi connectivity index (χ2n) is 5.13. The molecule has 0 fully saturated rings. The molecule has 1 aromatic rings. The summed E-state index contributed by atoms with van der Waals surface area (Å²) in [6, 6.07) is 3.87. The van der Waals surface area contributed by atoms with Crippen molar-refractivity contribution in [2.24, 2.45) is 5.92 Å². The molecule has 1 heterocycles. The van der Waals surface area contributed by atoms with Crippen LogP contribution in [0.3, 0.4) is 0 Å². The number of hydrogen-bond donors (Lipinski definition) is 2. The van der Waals surface area contributed by atoms with E-state index in [1.165, 1.54) is 0 Å². The van der Waals surface area contributed by atoms with Crippen LogP contribution in [0.25, 0.3) is 0 Å². The first-order valence-corrected chi connectivity index (χ1v) is 6.78. The highest BCUT2D eigenvalue weighted by atomic mass is 32.1. The van der Waals surface area contributed by atoms with Crippen molar-refractivity contribution in [3.63, 3.8) is 0 Å². The summed E-state index contributed by atoms with van der Waals surface area (Å²) in [5.41, 5.74) is -0.820. The van der Waals surface area contributed by atoms with Gasteiger partial charge in [0.1, 0.15) is 0 Å². The zero-order valence-electron chi connectivity index (χ0n) is 10.7. The average molecular weight is 255 g/mol. The van der Waals surface area contributed by atoms with E-state index < -0.39 is 5.60 Å². The molecule has 0 aliphatic heterocycles. The molecule has 0 spiro atoms. The lowest BCUT2D eigenvalue weighted by Gasteiger charge is -2.25. The van der Waals surface area contributed by atoms with Gasteiger partial charge in [-0.15, -0.1) is 11.3 Å². The number of thiophene rings is 1. The van der Waals surface area contributed by atoms with Crippen molar-refractivity contribution in [2.75, 3.05) is 6.54 Å². The Bertz CT molecular complexity index is 344. The third-order valence-electron chi connectivity index (χ3n) is 2.43. The first-order chi connectivity index (χ1) is 7.89. The van der Waals surface area contributed by atoms with Crippen LogP contribution in [0.15, 0.2) is 17.5 Å². The molecule has 4 heteroatoms. The fourth-order valence-electron chi connectivity index (χ4n) is 1.87. The van der Waals surface area contributed by atoms with E-state index in [1.54, 1.807) is 18.3 Å². The third kappa shape index (κ3) is 5.84. The summed E-state index contributed by atoms with van der Waals surface area (Å²) in [6.45, 7) is 6.19. The molecule has 1 unspecified atom stereocenters. The van der Waals surface area contributed by atoms with Crippen molar-refractivity contribution >= 4 is 17.2 Å². The predicted octanol–water partition coefficient (Wildman–Crippen LogP) is 2.20. The monoisotopic (exact) mass is 255 g/mol. The van der Waals surface area contributed by atoms with E-state index in [0.29, 0.717) is 25.3 Å². The number of hydrogen-bond acceptors (Lipinski definition) is 3. The minimum absolute atomic E-state index is 0.0310. The SMILES string of the molecule is CC(C)CC(C)(O)CNC(=O)Cc1cccs1. The molecule has 0 radical (unpaired) electrons. The summed E-state index contributed by atoms with van der Waals surface area (Å²) in [7, 11) is 0. The zero-order valence-corrected chi connectivity index (χ0v) is 11.5. The Balaban J connectivity index is 2.32. The highest BCUT2D eigenvalue weighted by Gasteiger charge is 2.22. The number of amides is 1. The van der Waals surface area contributed by atoms with Gasteiger partial charge in [-0.25, -0.2) is 0 Å².